The Balaban J connectivity index is 2.16. The molecule has 0 saturated carbocycles. The van der Waals surface area contributed by atoms with Crippen molar-refractivity contribution in [2.45, 2.75) is 13.1 Å². The lowest BCUT2D eigenvalue weighted by molar-refractivity contribution is 0.184. The Hall–Kier alpha value is -2.07. The minimum atomic E-state index is 0.0722. The average Bonchev–Trinajstić information content (AvgIpc) is 3.02. The van der Waals surface area contributed by atoms with Crippen molar-refractivity contribution < 1.29 is 14.6 Å². The van der Waals surface area contributed by atoms with E-state index in [0.717, 1.165) is 21.9 Å². The van der Waals surface area contributed by atoms with Crippen molar-refractivity contribution in [3.63, 3.8) is 0 Å². The Labute approximate surface area is 140 Å². The lowest BCUT2D eigenvalue weighted by atomic mass is 10.1. The fourth-order valence-corrected chi connectivity index (χ4v) is 3.20. The van der Waals surface area contributed by atoms with Crippen LogP contribution in [0.5, 0.6) is 11.5 Å². The van der Waals surface area contributed by atoms with Crippen molar-refractivity contribution in [1.29, 1.82) is 5.26 Å². The smallest absolute Gasteiger partial charge is 0.123 e. The van der Waals surface area contributed by atoms with Crippen LogP contribution in [0, 0.1) is 11.3 Å². The molecule has 0 aliphatic rings. The summed E-state index contributed by atoms with van der Waals surface area (Å²) in [5.41, 5.74) is 1.67. The maximum atomic E-state index is 9.32. The lowest BCUT2D eigenvalue weighted by Gasteiger charge is -2.22. The standard InChI is InChI=1S/C17H20N2O3S/c1-21-15-3-4-17(22-2)14(8-15)10-19(5-6-20)11-16-7-13(9-18)12-23-16/h3-4,7-8,12,20H,5-6,10-11H2,1-2H3. The minimum absolute atomic E-state index is 0.0722. The van der Waals surface area contributed by atoms with Crippen molar-refractivity contribution in [2.75, 3.05) is 27.4 Å². The van der Waals surface area contributed by atoms with Crippen molar-refractivity contribution in [3.8, 4) is 17.6 Å². The summed E-state index contributed by atoms with van der Waals surface area (Å²) < 4.78 is 10.7. The number of thiophene rings is 1. The van der Waals surface area contributed by atoms with Gasteiger partial charge in [-0.1, -0.05) is 0 Å². The summed E-state index contributed by atoms with van der Waals surface area (Å²) in [6.07, 6.45) is 0. The van der Waals surface area contributed by atoms with E-state index < -0.39 is 0 Å². The van der Waals surface area contributed by atoms with Gasteiger partial charge in [-0.15, -0.1) is 11.3 Å². The molecule has 5 nitrogen and oxygen atoms in total. The summed E-state index contributed by atoms with van der Waals surface area (Å²) in [6.45, 7) is 1.91. The van der Waals surface area contributed by atoms with Gasteiger partial charge in [-0.2, -0.15) is 5.26 Å². The number of ether oxygens (including phenoxy) is 2. The third-order valence-electron chi connectivity index (χ3n) is 3.46. The molecule has 2 aromatic rings. The number of hydrogen-bond donors (Lipinski definition) is 1. The topological polar surface area (TPSA) is 65.7 Å². The molecule has 0 aliphatic carbocycles. The zero-order valence-electron chi connectivity index (χ0n) is 13.3. The predicted molar refractivity (Wildman–Crippen MR) is 89.8 cm³/mol. The molecule has 0 unspecified atom stereocenters. The second-order valence-electron chi connectivity index (χ2n) is 5.03. The average molecular weight is 332 g/mol. The van der Waals surface area contributed by atoms with E-state index in [1.54, 1.807) is 25.6 Å². The molecule has 23 heavy (non-hydrogen) atoms. The molecule has 2 rings (SSSR count). The molecule has 0 bridgehead atoms. The van der Waals surface area contributed by atoms with Crippen LogP contribution in [0.4, 0.5) is 0 Å². The fourth-order valence-electron chi connectivity index (χ4n) is 2.34. The molecular weight excluding hydrogens is 312 g/mol. The van der Waals surface area contributed by atoms with E-state index in [1.165, 1.54) is 0 Å². The van der Waals surface area contributed by atoms with Crippen LogP contribution in [0.15, 0.2) is 29.6 Å². The van der Waals surface area contributed by atoms with E-state index >= 15 is 0 Å². The van der Waals surface area contributed by atoms with Gasteiger partial charge in [0, 0.05) is 35.5 Å². The molecule has 0 atom stereocenters. The van der Waals surface area contributed by atoms with E-state index in [0.29, 0.717) is 25.2 Å². The summed E-state index contributed by atoms with van der Waals surface area (Å²) in [6, 6.07) is 9.71. The summed E-state index contributed by atoms with van der Waals surface area (Å²) >= 11 is 1.55. The summed E-state index contributed by atoms with van der Waals surface area (Å²) in [5, 5.41) is 20.1. The third kappa shape index (κ3) is 4.70. The largest absolute Gasteiger partial charge is 0.497 e. The van der Waals surface area contributed by atoms with Gasteiger partial charge in [0.05, 0.1) is 26.4 Å². The fraction of sp³-hybridized carbons (Fsp3) is 0.353. The highest BCUT2D eigenvalue weighted by Crippen LogP contribution is 2.26. The number of hydrogen-bond acceptors (Lipinski definition) is 6. The van der Waals surface area contributed by atoms with Gasteiger partial charge >= 0.3 is 0 Å². The SMILES string of the molecule is COc1ccc(OC)c(CN(CCO)Cc2cc(C#N)cs2)c1. The van der Waals surface area contributed by atoms with Gasteiger partial charge in [0.25, 0.3) is 0 Å². The number of nitrogens with zero attached hydrogens (tertiary/aromatic N) is 2. The van der Waals surface area contributed by atoms with Gasteiger partial charge in [-0.05, 0) is 24.3 Å². The van der Waals surface area contributed by atoms with E-state index in [1.807, 2.05) is 29.6 Å². The van der Waals surface area contributed by atoms with E-state index in [9.17, 15) is 5.11 Å². The highest BCUT2D eigenvalue weighted by atomic mass is 32.1. The van der Waals surface area contributed by atoms with Crippen LogP contribution in [0.25, 0.3) is 0 Å². The van der Waals surface area contributed by atoms with Crippen molar-refractivity contribution >= 4 is 11.3 Å². The van der Waals surface area contributed by atoms with Crippen LogP contribution < -0.4 is 9.47 Å². The minimum Gasteiger partial charge on any atom is -0.497 e. The first-order valence-electron chi connectivity index (χ1n) is 7.21. The second kappa shape index (κ2) is 8.53. The molecule has 1 N–H and O–H groups in total. The van der Waals surface area contributed by atoms with E-state index in [2.05, 4.69) is 11.0 Å². The monoisotopic (exact) mass is 332 g/mol. The van der Waals surface area contributed by atoms with Gasteiger partial charge in [0.15, 0.2) is 0 Å². The van der Waals surface area contributed by atoms with Crippen molar-refractivity contribution in [3.05, 3.63) is 45.6 Å². The number of benzene rings is 1. The first-order valence-corrected chi connectivity index (χ1v) is 8.09. The van der Waals surface area contributed by atoms with Gasteiger partial charge in [0.1, 0.15) is 17.6 Å². The van der Waals surface area contributed by atoms with Crippen LogP contribution >= 0.6 is 11.3 Å². The molecule has 6 heteroatoms. The van der Waals surface area contributed by atoms with Crippen LogP contribution in [0.3, 0.4) is 0 Å². The summed E-state index contributed by atoms with van der Waals surface area (Å²) in [4.78, 5) is 3.21. The van der Waals surface area contributed by atoms with Gasteiger partial charge < -0.3 is 14.6 Å². The molecule has 0 amide bonds. The normalized spacial score (nSPS) is 10.6. The first-order chi connectivity index (χ1) is 11.2. The highest BCUT2D eigenvalue weighted by molar-refractivity contribution is 7.10. The first kappa shape index (κ1) is 17.3. The summed E-state index contributed by atoms with van der Waals surface area (Å²) in [5.74, 6) is 1.56. The quantitative estimate of drug-likeness (QED) is 0.805. The highest BCUT2D eigenvalue weighted by Gasteiger charge is 2.13. The van der Waals surface area contributed by atoms with Crippen LogP contribution in [-0.2, 0) is 13.1 Å². The predicted octanol–water partition coefficient (Wildman–Crippen LogP) is 2.63. The van der Waals surface area contributed by atoms with Crippen LogP contribution in [0.1, 0.15) is 16.0 Å². The Morgan fingerprint density at radius 1 is 1.22 bits per heavy atom. The molecule has 0 fully saturated rings. The van der Waals surface area contributed by atoms with Gasteiger partial charge in [-0.3, -0.25) is 4.90 Å². The van der Waals surface area contributed by atoms with E-state index in [-0.39, 0.29) is 6.61 Å². The zero-order valence-corrected chi connectivity index (χ0v) is 14.1. The molecule has 0 aliphatic heterocycles. The number of rotatable bonds is 8. The van der Waals surface area contributed by atoms with Gasteiger partial charge in [0.2, 0.25) is 0 Å². The van der Waals surface area contributed by atoms with Gasteiger partial charge in [-0.25, -0.2) is 0 Å². The van der Waals surface area contributed by atoms with Crippen molar-refractivity contribution in [2.24, 2.45) is 0 Å². The Kier molecular flexibility index (Phi) is 6.41. The maximum Gasteiger partial charge on any atom is 0.123 e. The molecule has 0 saturated heterocycles. The number of aliphatic hydroxyl groups is 1. The number of nitriles is 1. The molecule has 1 aromatic carbocycles. The zero-order chi connectivity index (χ0) is 16.7. The maximum absolute atomic E-state index is 9.32. The second-order valence-corrected chi connectivity index (χ2v) is 6.02. The number of methoxy groups -OCH3 is 2. The van der Waals surface area contributed by atoms with Crippen molar-refractivity contribution in [1.82, 2.24) is 4.90 Å². The Morgan fingerprint density at radius 2 is 2.04 bits per heavy atom. The molecule has 1 heterocycles. The molecule has 0 radical (unpaired) electrons. The Bertz CT molecular complexity index is 679. The lowest BCUT2D eigenvalue weighted by Crippen LogP contribution is -2.26. The molecule has 1 aromatic heterocycles. The van der Waals surface area contributed by atoms with Crippen LogP contribution in [-0.4, -0.2) is 37.4 Å². The third-order valence-corrected chi connectivity index (χ3v) is 4.38. The molecular formula is C17H20N2O3S. The molecule has 122 valence electrons. The summed E-state index contributed by atoms with van der Waals surface area (Å²) in [7, 11) is 3.27. The Morgan fingerprint density at radius 3 is 2.65 bits per heavy atom. The number of aliphatic hydroxyl groups excluding tert-OH is 1. The molecule has 0 spiro atoms. The van der Waals surface area contributed by atoms with E-state index in [4.69, 9.17) is 14.7 Å². The van der Waals surface area contributed by atoms with Crippen LogP contribution in [0.2, 0.25) is 0 Å².